The molecule has 0 saturated carbocycles. The number of hydrogen-bond donors (Lipinski definition) is 1. The zero-order chi connectivity index (χ0) is 21.1. The van der Waals surface area contributed by atoms with Crippen molar-refractivity contribution in [3.05, 3.63) is 59.7 Å². The van der Waals surface area contributed by atoms with Crippen LogP contribution in [0.25, 0.3) is 0 Å². The second kappa shape index (κ2) is 8.79. The van der Waals surface area contributed by atoms with Crippen LogP contribution in [-0.4, -0.2) is 30.4 Å². The lowest BCUT2D eigenvalue weighted by molar-refractivity contribution is -0.145. The summed E-state index contributed by atoms with van der Waals surface area (Å²) in [5, 5.41) is 3.45. The molecule has 1 N–H and O–H groups in total. The van der Waals surface area contributed by atoms with E-state index in [1.165, 1.54) is 11.8 Å². The average molecular weight is 424 g/mol. The molecule has 2 unspecified atom stereocenters. The van der Waals surface area contributed by atoms with Crippen molar-refractivity contribution in [1.29, 1.82) is 0 Å². The lowest BCUT2D eigenvalue weighted by Crippen LogP contribution is -2.54. The number of benzene rings is 2. The molecule has 7 heteroatoms. The monoisotopic (exact) mass is 423 g/mol. The molecule has 0 radical (unpaired) electrons. The van der Waals surface area contributed by atoms with E-state index in [1.807, 2.05) is 55.5 Å². The molecular formula is C22H24F3NO2S. The first kappa shape index (κ1) is 21.7. The second-order valence-electron chi connectivity index (χ2n) is 7.15. The van der Waals surface area contributed by atoms with Gasteiger partial charge in [-0.2, -0.15) is 13.2 Å². The van der Waals surface area contributed by atoms with Crippen LogP contribution < -0.4 is 10.1 Å². The lowest BCUT2D eigenvalue weighted by atomic mass is 9.86. The molecule has 1 aliphatic rings. The van der Waals surface area contributed by atoms with Gasteiger partial charge < -0.3 is 4.74 Å². The van der Waals surface area contributed by atoms with Gasteiger partial charge in [-0.3, -0.25) is 10.1 Å². The van der Waals surface area contributed by atoms with Gasteiger partial charge in [0.2, 0.25) is 0 Å². The predicted octanol–water partition coefficient (Wildman–Crippen LogP) is 5.54. The highest BCUT2D eigenvalue weighted by Gasteiger charge is 2.42. The number of carbonyl (C=O) groups excluding carboxylic acids is 1. The highest BCUT2D eigenvalue weighted by molar-refractivity contribution is 7.99. The fraction of sp³-hybridized carbons (Fsp3) is 0.409. The van der Waals surface area contributed by atoms with E-state index in [1.54, 1.807) is 7.11 Å². The number of halogens is 3. The Balaban J connectivity index is 2.01. The van der Waals surface area contributed by atoms with E-state index in [9.17, 15) is 18.0 Å². The molecule has 2 aromatic carbocycles. The molecule has 3 nitrogen and oxygen atoms in total. The van der Waals surface area contributed by atoms with Gasteiger partial charge in [-0.15, -0.1) is 11.8 Å². The number of rotatable bonds is 6. The predicted molar refractivity (Wildman–Crippen MR) is 108 cm³/mol. The number of Topliss-reactive ketones (excluding diaryl/α,β-unsaturated/α-hetero) is 1. The Labute approximate surface area is 173 Å². The van der Waals surface area contributed by atoms with Crippen molar-refractivity contribution in [2.75, 3.05) is 12.9 Å². The van der Waals surface area contributed by atoms with Gasteiger partial charge in [0.1, 0.15) is 5.75 Å². The van der Waals surface area contributed by atoms with Crippen LogP contribution in [0.4, 0.5) is 13.2 Å². The SMILES string of the molecule is CCC1(C(=O)CCC(F)(F)F)CSc2cc(OC)ccc2C(c2ccccc2)N1. The highest BCUT2D eigenvalue weighted by Crippen LogP contribution is 2.41. The summed E-state index contributed by atoms with van der Waals surface area (Å²) in [6.07, 6.45) is -5.56. The summed E-state index contributed by atoms with van der Waals surface area (Å²) >= 11 is 1.49. The van der Waals surface area contributed by atoms with Crippen LogP contribution in [0.1, 0.15) is 43.4 Å². The molecule has 2 aromatic rings. The Morgan fingerprint density at radius 3 is 2.59 bits per heavy atom. The molecule has 0 amide bonds. The van der Waals surface area contributed by atoms with E-state index in [4.69, 9.17) is 4.74 Å². The van der Waals surface area contributed by atoms with Gasteiger partial charge in [0, 0.05) is 17.1 Å². The van der Waals surface area contributed by atoms with E-state index in [-0.39, 0.29) is 6.04 Å². The number of nitrogens with one attached hydrogen (secondary N) is 1. The maximum atomic E-state index is 13.0. The Kier molecular flexibility index (Phi) is 6.58. The van der Waals surface area contributed by atoms with E-state index < -0.39 is 30.3 Å². The minimum atomic E-state index is -4.35. The van der Waals surface area contributed by atoms with E-state index in [2.05, 4.69) is 5.32 Å². The summed E-state index contributed by atoms with van der Waals surface area (Å²) < 4.78 is 43.6. The molecule has 1 heterocycles. The lowest BCUT2D eigenvalue weighted by Gasteiger charge is -2.34. The largest absolute Gasteiger partial charge is 0.497 e. The molecule has 0 aliphatic carbocycles. The van der Waals surface area contributed by atoms with Gasteiger partial charge >= 0.3 is 6.18 Å². The first-order valence-electron chi connectivity index (χ1n) is 9.51. The van der Waals surface area contributed by atoms with Crippen LogP contribution in [0, 0.1) is 0 Å². The van der Waals surface area contributed by atoms with Crippen molar-refractivity contribution in [2.24, 2.45) is 0 Å². The number of thioether (sulfide) groups is 1. The molecule has 29 heavy (non-hydrogen) atoms. The Morgan fingerprint density at radius 2 is 1.97 bits per heavy atom. The molecule has 0 aromatic heterocycles. The number of hydrogen-bond acceptors (Lipinski definition) is 4. The van der Waals surface area contributed by atoms with Gasteiger partial charge in [0.25, 0.3) is 0 Å². The van der Waals surface area contributed by atoms with Crippen LogP contribution in [0.5, 0.6) is 5.75 Å². The van der Waals surface area contributed by atoms with Crippen LogP contribution in [0.3, 0.4) is 0 Å². The van der Waals surface area contributed by atoms with Crippen molar-refractivity contribution >= 4 is 17.5 Å². The Bertz CT molecular complexity index is 857. The van der Waals surface area contributed by atoms with E-state index >= 15 is 0 Å². The van der Waals surface area contributed by atoms with Crippen LogP contribution in [-0.2, 0) is 4.79 Å². The first-order chi connectivity index (χ1) is 13.8. The van der Waals surface area contributed by atoms with Crippen LogP contribution in [0.2, 0.25) is 0 Å². The first-order valence-corrected chi connectivity index (χ1v) is 10.5. The minimum absolute atomic E-state index is 0.304. The van der Waals surface area contributed by atoms with Crippen LogP contribution in [0.15, 0.2) is 53.4 Å². The summed E-state index contributed by atoms with van der Waals surface area (Å²) in [6, 6.07) is 15.1. The Morgan fingerprint density at radius 1 is 1.24 bits per heavy atom. The van der Waals surface area contributed by atoms with E-state index in [0.29, 0.717) is 17.9 Å². The standard InChI is InChI=1S/C22H24F3NO2S/c1-3-21(19(27)11-12-22(23,24)25)14-29-18-13-16(28-2)9-10-17(18)20(26-21)15-7-5-4-6-8-15/h4-10,13,20,26H,3,11-12,14H2,1-2H3. The van der Waals surface area contributed by atoms with Gasteiger partial charge in [-0.1, -0.05) is 43.3 Å². The van der Waals surface area contributed by atoms with Crippen LogP contribution >= 0.6 is 11.8 Å². The molecule has 156 valence electrons. The molecule has 2 atom stereocenters. The summed E-state index contributed by atoms with van der Waals surface area (Å²) in [5.41, 5.74) is 0.909. The second-order valence-corrected chi connectivity index (χ2v) is 8.17. The minimum Gasteiger partial charge on any atom is -0.497 e. The molecule has 0 bridgehead atoms. The summed E-state index contributed by atoms with van der Waals surface area (Å²) in [6.45, 7) is 1.84. The van der Waals surface area contributed by atoms with Gasteiger partial charge in [-0.05, 0) is 29.7 Å². The number of ketones is 1. The number of methoxy groups -OCH3 is 1. The quantitative estimate of drug-likeness (QED) is 0.662. The van der Waals surface area contributed by atoms with Gasteiger partial charge in [0.05, 0.1) is 25.1 Å². The molecule has 1 aliphatic heterocycles. The summed E-state index contributed by atoms with van der Waals surface area (Å²) in [4.78, 5) is 14.0. The highest BCUT2D eigenvalue weighted by atomic mass is 32.2. The number of fused-ring (bicyclic) bond motifs is 1. The van der Waals surface area contributed by atoms with Crippen molar-refractivity contribution < 1.29 is 22.7 Å². The Hall–Kier alpha value is -1.99. The summed E-state index contributed by atoms with van der Waals surface area (Å²) in [5.74, 6) is 0.671. The number of carbonyl (C=O) groups is 1. The van der Waals surface area contributed by atoms with E-state index in [0.717, 1.165) is 16.0 Å². The fourth-order valence-corrected chi connectivity index (χ4v) is 4.97. The molecule has 0 fully saturated rings. The zero-order valence-electron chi connectivity index (χ0n) is 16.4. The maximum Gasteiger partial charge on any atom is 0.389 e. The third kappa shape index (κ3) is 4.95. The number of ether oxygens (including phenoxy) is 1. The van der Waals surface area contributed by atoms with Crippen molar-refractivity contribution in [2.45, 2.75) is 48.8 Å². The molecule has 0 saturated heterocycles. The van der Waals surface area contributed by atoms with Crippen molar-refractivity contribution in [1.82, 2.24) is 5.32 Å². The smallest absolute Gasteiger partial charge is 0.389 e. The van der Waals surface area contributed by atoms with Gasteiger partial charge in [-0.25, -0.2) is 0 Å². The molecule has 3 rings (SSSR count). The average Bonchev–Trinajstić information content (AvgIpc) is 2.89. The van der Waals surface area contributed by atoms with Crippen molar-refractivity contribution in [3.63, 3.8) is 0 Å². The fourth-order valence-electron chi connectivity index (χ4n) is 3.57. The molecular weight excluding hydrogens is 399 g/mol. The zero-order valence-corrected chi connectivity index (χ0v) is 17.2. The third-order valence-corrected chi connectivity index (χ3v) is 6.63. The normalized spacial score (nSPS) is 21.9. The van der Waals surface area contributed by atoms with Gasteiger partial charge in [0.15, 0.2) is 5.78 Å². The molecule has 0 spiro atoms. The topological polar surface area (TPSA) is 38.3 Å². The maximum absolute atomic E-state index is 13.0. The van der Waals surface area contributed by atoms with Crippen molar-refractivity contribution in [3.8, 4) is 5.75 Å². The third-order valence-electron chi connectivity index (χ3n) is 5.33. The number of alkyl halides is 3. The summed E-state index contributed by atoms with van der Waals surface area (Å²) in [7, 11) is 1.59.